The molecule has 2 unspecified atom stereocenters. The summed E-state index contributed by atoms with van der Waals surface area (Å²) in [5.41, 5.74) is 0. The second-order valence-corrected chi connectivity index (χ2v) is 20.3. The Morgan fingerprint density at radius 2 is 0.746 bits per heavy atom. The van der Waals surface area contributed by atoms with Crippen molar-refractivity contribution in [3.05, 3.63) is 36.5 Å². The van der Waals surface area contributed by atoms with Crippen LogP contribution in [0.3, 0.4) is 0 Å². The second kappa shape index (κ2) is 56.7. The van der Waals surface area contributed by atoms with Crippen molar-refractivity contribution in [3.8, 4) is 0 Å². The Bertz CT molecular complexity index is 1090. The van der Waals surface area contributed by atoms with Gasteiger partial charge in [-0.05, 0) is 83.5 Å². The maximum absolute atomic E-state index is 12.5. The Morgan fingerprint density at radius 3 is 1.16 bits per heavy atom. The molecule has 67 heavy (non-hydrogen) atoms. The van der Waals surface area contributed by atoms with E-state index in [0.29, 0.717) is 25.9 Å². The minimum Gasteiger partial charge on any atom is -0.466 e. The van der Waals surface area contributed by atoms with E-state index in [-0.39, 0.29) is 18.5 Å². The van der Waals surface area contributed by atoms with Gasteiger partial charge in [-0.25, -0.2) is 0 Å². The first-order valence-electron chi connectivity index (χ1n) is 29.7. The van der Waals surface area contributed by atoms with Crippen LogP contribution in [0, 0.1) is 0 Å². The lowest BCUT2D eigenvalue weighted by Crippen LogP contribution is -2.45. The number of carbonyl (C=O) groups excluding carboxylic acids is 2. The monoisotopic (exact) mass is 942 g/mol. The average molecular weight is 943 g/mol. The summed E-state index contributed by atoms with van der Waals surface area (Å²) in [4.78, 5) is 24.5. The zero-order chi connectivity index (χ0) is 48.6. The number of ether oxygens (including phenoxy) is 1. The van der Waals surface area contributed by atoms with E-state index in [4.69, 9.17) is 4.74 Å². The summed E-state index contributed by atoms with van der Waals surface area (Å²) in [5, 5.41) is 23.3. The molecule has 6 nitrogen and oxygen atoms in total. The van der Waals surface area contributed by atoms with Gasteiger partial charge in [-0.15, -0.1) is 0 Å². The first kappa shape index (κ1) is 65.1. The molecule has 0 saturated heterocycles. The number of hydrogen-bond acceptors (Lipinski definition) is 5. The highest BCUT2D eigenvalue weighted by Crippen LogP contribution is 2.17. The van der Waals surface area contributed by atoms with E-state index >= 15 is 0 Å². The summed E-state index contributed by atoms with van der Waals surface area (Å²) in [6.45, 7) is 4.91. The minimum absolute atomic E-state index is 0.0232. The number of hydrogen-bond donors (Lipinski definition) is 3. The Morgan fingerprint density at radius 1 is 0.418 bits per heavy atom. The highest BCUT2D eigenvalue weighted by molar-refractivity contribution is 5.76. The molecule has 0 radical (unpaired) electrons. The molecule has 0 aliphatic rings. The molecule has 0 aromatic carbocycles. The van der Waals surface area contributed by atoms with Crippen LogP contribution in [0.5, 0.6) is 0 Å². The van der Waals surface area contributed by atoms with Crippen LogP contribution in [0.4, 0.5) is 0 Å². The normalized spacial score (nSPS) is 12.8. The smallest absolute Gasteiger partial charge is 0.305 e. The fourth-order valence-corrected chi connectivity index (χ4v) is 9.08. The Kier molecular flexibility index (Phi) is 55.0. The van der Waals surface area contributed by atoms with Gasteiger partial charge >= 0.3 is 5.97 Å². The van der Waals surface area contributed by atoms with Crippen LogP contribution >= 0.6 is 0 Å². The van der Waals surface area contributed by atoms with E-state index in [1.807, 2.05) is 0 Å². The number of rotatable bonds is 55. The lowest BCUT2D eigenvalue weighted by Gasteiger charge is -2.22. The molecule has 0 aliphatic carbocycles. The van der Waals surface area contributed by atoms with Crippen molar-refractivity contribution in [1.82, 2.24) is 5.32 Å². The van der Waals surface area contributed by atoms with Gasteiger partial charge in [-0.3, -0.25) is 9.59 Å². The van der Waals surface area contributed by atoms with E-state index in [2.05, 4.69) is 55.6 Å². The van der Waals surface area contributed by atoms with Crippen LogP contribution in [0.15, 0.2) is 36.5 Å². The van der Waals surface area contributed by atoms with Gasteiger partial charge in [0.25, 0.3) is 0 Å². The molecule has 394 valence electrons. The van der Waals surface area contributed by atoms with E-state index in [9.17, 15) is 19.8 Å². The van der Waals surface area contributed by atoms with Crippen molar-refractivity contribution in [2.45, 2.75) is 328 Å². The molecule has 1 amide bonds. The first-order chi connectivity index (χ1) is 33.0. The van der Waals surface area contributed by atoms with Crippen molar-refractivity contribution in [2.75, 3.05) is 13.2 Å². The third kappa shape index (κ3) is 53.3. The van der Waals surface area contributed by atoms with Gasteiger partial charge in [0.15, 0.2) is 0 Å². The standard InChI is InChI=1S/C61H115NO5/c1-3-5-7-9-11-13-15-17-19-21-22-23-25-29-33-37-41-45-49-53-59(64)58(57-63)62-60(65)54-50-46-42-38-34-30-26-24-28-32-36-40-44-48-52-56-67-61(66)55-51-47-43-39-35-31-27-20-18-16-14-12-10-8-6-4-2/h14,16,20,27-28,32,58-59,63-64H,3-13,15,17-19,21-26,29-31,33-57H2,1-2H3,(H,62,65)/b16-14-,27-20-,32-28-. The number of amides is 1. The quantitative estimate of drug-likeness (QED) is 0.0321. The predicted octanol–water partition coefficient (Wildman–Crippen LogP) is 18.4. The number of carbonyl (C=O) groups is 2. The summed E-state index contributed by atoms with van der Waals surface area (Å²) in [6.07, 6.45) is 69.9. The molecule has 0 rings (SSSR count). The topological polar surface area (TPSA) is 95.9 Å². The van der Waals surface area contributed by atoms with E-state index in [1.165, 1.54) is 205 Å². The van der Waals surface area contributed by atoms with Crippen LogP contribution < -0.4 is 5.32 Å². The lowest BCUT2D eigenvalue weighted by atomic mass is 10.0. The fraction of sp³-hybridized carbons (Fsp3) is 0.869. The maximum Gasteiger partial charge on any atom is 0.305 e. The van der Waals surface area contributed by atoms with Gasteiger partial charge in [-0.2, -0.15) is 0 Å². The van der Waals surface area contributed by atoms with E-state index in [0.717, 1.165) is 77.0 Å². The molecular formula is C61H115NO5. The van der Waals surface area contributed by atoms with Crippen molar-refractivity contribution in [2.24, 2.45) is 0 Å². The molecule has 0 aliphatic heterocycles. The summed E-state index contributed by atoms with van der Waals surface area (Å²) in [6, 6.07) is -0.554. The van der Waals surface area contributed by atoms with Gasteiger partial charge in [0.05, 0.1) is 25.4 Å². The van der Waals surface area contributed by atoms with Crippen molar-refractivity contribution >= 4 is 11.9 Å². The van der Waals surface area contributed by atoms with Gasteiger partial charge in [0, 0.05) is 12.8 Å². The number of aliphatic hydroxyl groups excluding tert-OH is 2. The van der Waals surface area contributed by atoms with Gasteiger partial charge in [0.1, 0.15) is 0 Å². The van der Waals surface area contributed by atoms with E-state index in [1.54, 1.807) is 0 Å². The van der Waals surface area contributed by atoms with Crippen LogP contribution in [-0.4, -0.2) is 47.4 Å². The van der Waals surface area contributed by atoms with Gasteiger partial charge in [0.2, 0.25) is 5.91 Å². The van der Waals surface area contributed by atoms with Gasteiger partial charge < -0.3 is 20.3 Å². The van der Waals surface area contributed by atoms with E-state index < -0.39 is 12.1 Å². The highest BCUT2D eigenvalue weighted by atomic mass is 16.5. The van der Waals surface area contributed by atoms with Crippen molar-refractivity contribution in [1.29, 1.82) is 0 Å². The molecule has 2 atom stereocenters. The molecule has 3 N–H and O–H groups in total. The van der Waals surface area contributed by atoms with Crippen molar-refractivity contribution in [3.63, 3.8) is 0 Å². The number of allylic oxidation sites excluding steroid dienone is 6. The molecule has 0 heterocycles. The SMILES string of the molecule is CCCCCC/C=C\C/C=C\CCCCCCCC(=O)OCCCCCC/C=C\CCCCCCCCCC(=O)NC(CO)C(O)CCCCCCCCCCCCCCCCCCCCC. The second-order valence-electron chi connectivity index (χ2n) is 20.3. The molecular weight excluding hydrogens is 827 g/mol. The zero-order valence-corrected chi connectivity index (χ0v) is 44.9. The molecule has 0 fully saturated rings. The predicted molar refractivity (Wildman–Crippen MR) is 292 cm³/mol. The van der Waals surface area contributed by atoms with Crippen molar-refractivity contribution < 1.29 is 24.5 Å². The Hall–Kier alpha value is -1.92. The fourth-order valence-electron chi connectivity index (χ4n) is 9.08. The van der Waals surface area contributed by atoms with Crippen LogP contribution in [0.1, 0.15) is 316 Å². The lowest BCUT2D eigenvalue weighted by molar-refractivity contribution is -0.143. The number of unbranched alkanes of at least 4 members (excludes halogenated alkanes) is 38. The summed E-state index contributed by atoms with van der Waals surface area (Å²) in [7, 11) is 0. The van der Waals surface area contributed by atoms with Crippen LogP contribution in [-0.2, 0) is 14.3 Å². The molecule has 6 heteroatoms. The van der Waals surface area contributed by atoms with Crippen LogP contribution in [0.25, 0.3) is 0 Å². The molecule has 0 spiro atoms. The summed E-state index contributed by atoms with van der Waals surface area (Å²) < 4.78 is 5.46. The third-order valence-electron chi connectivity index (χ3n) is 13.7. The largest absolute Gasteiger partial charge is 0.466 e. The molecule has 0 aromatic heterocycles. The number of nitrogens with one attached hydrogen (secondary N) is 1. The van der Waals surface area contributed by atoms with Gasteiger partial charge in [-0.1, -0.05) is 256 Å². The first-order valence-corrected chi connectivity index (χ1v) is 29.7. The number of esters is 1. The minimum atomic E-state index is -0.676. The highest BCUT2D eigenvalue weighted by Gasteiger charge is 2.20. The number of aliphatic hydroxyl groups is 2. The molecule has 0 bridgehead atoms. The summed E-state index contributed by atoms with van der Waals surface area (Å²) >= 11 is 0. The Labute approximate surface area is 417 Å². The maximum atomic E-state index is 12.5. The third-order valence-corrected chi connectivity index (χ3v) is 13.7. The average Bonchev–Trinajstić information content (AvgIpc) is 3.33. The summed E-state index contributed by atoms with van der Waals surface area (Å²) in [5.74, 6) is -0.0722. The van der Waals surface area contributed by atoms with Crippen LogP contribution in [0.2, 0.25) is 0 Å². The zero-order valence-electron chi connectivity index (χ0n) is 44.9. The molecule has 0 aromatic rings. The Balaban J connectivity index is 3.48. The molecule has 0 saturated carbocycles.